The van der Waals surface area contributed by atoms with Crippen LogP contribution in [0.25, 0.3) is 0 Å². The number of hydrogen-bond acceptors (Lipinski definition) is 0. The molecule has 0 unspecified atom stereocenters. The van der Waals surface area contributed by atoms with Gasteiger partial charge in [0.1, 0.15) is 0 Å². The van der Waals surface area contributed by atoms with Crippen molar-refractivity contribution in [1.29, 1.82) is 0 Å². The Morgan fingerprint density at radius 1 is 1.30 bits per heavy atom. The maximum absolute atomic E-state index is 3.01. The van der Waals surface area contributed by atoms with Crippen molar-refractivity contribution in [2.75, 3.05) is 0 Å². The van der Waals surface area contributed by atoms with Crippen LogP contribution in [0.4, 0.5) is 0 Å². The Hall–Kier alpha value is -0.261. The van der Waals surface area contributed by atoms with Crippen LogP contribution in [0.15, 0.2) is 24.3 Å². The van der Waals surface area contributed by atoms with E-state index in [0.29, 0.717) is 0 Å². The molecule has 0 aliphatic carbocycles. The van der Waals surface area contributed by atoms with E-state index in [0.717, 1.165) is 0 Å². The molecular formula is C9H11Se. The van der Waals surface area contributed by atoms with Gasteiger partial charge in [-0.3, -0.25) is 0 Å². The van der Waals surface area contributed by atoms with Crippen molar-refractivity contribution in [3.05, 3.63) is 35.9 Å². The number of benzene rings is 1. The average molecular weight is 198 g/mol. The second-order valence-corrected chi connectivity index (χ2v) is 3.17. The number of rotatable bonds is 3. The Morgan fingerprint density at radius 3 is 2.60 bits per heavy atom. The summed E-state index contributed by atoms with van der Waals surface area (Å²) in [5, 5.41) is 1.21. The predicted octanol–water partition coefficient (Wildman–Crippen LogP) is 1.74. The van der Waals surface area contributed by atoms with Crippen molar-refractivity contribution in [3.8, 4) is 0 Å². The van der Waals surface area contributed by atoms with Crippen molar-refractivity contribution in [2.45, 2.75) is 18.2 Å². The quantitative estimate of drug-likeness (QED) is 0.649. The molecule has 0 amide bonds. The van der Waals surface area contributed by atoms with E-state index in [1.165, 1.54) is 23.7 Å². The molecule has 1 aromatic rings. The van der Waals surface area contributed by atoms with Crippen molar-refractivity contribution in [1.82, 2.24) is 0 Å². The Kier molecular flexibility index (Phi) is 3.56. The predicted molar refractivity (Wildman–Crippen MR) is 45.6 cm³/mol. The van der Waals surface area contributed by atoms with Gasteiger partial charge in [0.25, 0.3) is 0 Å². The van der Waals surface area contributed by atoms with Crippen LogP contribution in [0.5, 0.6) is 0 Å². The summed E-state index contributed by atoms with van der Waals surface area (Å²) in [6.45, 7) is 0. The number of aryl methyl sites for hydroxylation is 1. The van der Waals surface area contributed by atoms with Crippen molar-refractivity contribution in [3.63, 3.8) is 0 Å². The molecule has 10 heavy (non-hydrogen) atoms. The van der Waals surface area contributed by atoms with E-state index in [-0.39, 0.29) is 0 Å². The monoisotopic (exact) mass is 199 g/mol. The second kappa shape index (κ2) is 4.54. The van der Waals surface area contributed by atoms with E-state index in [4.69, 9.17) is 0 Å². The summed E-state index contributed by atoms with van der Waals surface area (Å²) in [4.78, 5) is 0. The van der Waals surface area contributed by atoms with Gasteiger partial charge in [0, 0.05) is 0 Å². The second-order valence-electron chi connectivity index (χ2n) is 2.24. The Morgan fingerprint density at radius 2 is 2.00 bits per heavy atom. The third-order valence-electron chi connectivity index (χ3n) is 1.41. The molecule has 1 aromatic carbocycles. The molecule has 0 spiro atoms. The molecule has 0 aliphatic heterocycles. The van der Waals surface area contributed by atoms with Gasteiger partial charge in [-0.1, -0.05) is 0 Å². The van der Waals surface area contributed by atoms with E-state index < -0.39 is 0 Å². The van der Waals surface area contributed by atoms with Crippen LogP contribution in [-0.2, 0) is 6.42 Å². The average Bonchev–Trinajstić information content (AvgIpc) is 2.03. The summed E-state index contributed by atoms with van der Waals surface area (Å²) in [5.74, 6) is 0. The van der Waals surface area contributed by atoms with E-state index in [1.54, 1.807) is 0 Å². The Balaban J connectivity index is 2.43. The molecule has 0 aliphatic rings. The fourth-order valence-electron chi connectivity index (χ4n) is 0.871. The fraction of sp³-hybridized carbons (Fsp3) is 0.333. The van der Waals surface area contributed by atoms with Gasteiger partial charge in [0.2, 0.25) is 0 Å². The normalized spacial score (nSPS) is 9.70. The first-order valence-corrected chi connectivity index (χ1v) is 4.82. The van der Waals surface area contributed by atoms with Gasteiger partial charge < -0.3 is 0 Å². The van der Waals surface area contributed by atoms with Crippen LogP contribution < -0.4 is 0 Å². The third kappa shape index (κ3) is 2.55. The molecule has 0 aromatic heterocycles. The molecule has 0 bridgehead atoms. The van der Waals surface area contributed by atoms with E-state index in [1.807, 2.05) is 12.1 Å². The standard InChI is InChI=1S/C9H11Se/c10-8-4-7-9-5-2-1-3-6-9/h2-3,5-6,10H,4,7-8H2. The molecule has 0 nitrogen and oxygen atoms in total. The van der Waals surface area contributed by atoms with Crippen molar-refractivity contribution in [2.24, 2.45) is 0 Å². The summed E-state index contributed by atoms with van der Waals surface area (Å²) >= 11 is 2.61. The maximum atomic E-state index is 3.01. The third-order valence-corrected chi connectivity index (χ3v) is 2.07. The first-order valence-electron chi connectivity index (χ1n) is 3.49. The molecule has 0 atom stereocenters. The van der Waals surface area contributed by atoms with Crippen LogP contribution in [0.1, 0.15) is 12.0 Å². The van der Waals surface area contributed by atoms with Crippen LogP contribution in [0, 0.1) is 6.07 Å². The topological polar surface area (TPSA) is 0 Å². The zero-order valence-corrected chi connectivity index (χ0v) is 7.75. The molecule has 1 radical (unpaired) electrons. The SMILES string of the molecule is [SeH]CCCc1cc[c]cc1. The molecule has 0 saturated heterocycles. The van der Waals surface area contributed by atoms with Crippen molar-refractivity contribution >= 4 is 16.0 Å². The Labute approximate surface area is 70.5 Å². The summed E-state index contributed by atoms with van der Waals surface area (Å²) in [6.07, 6.45) is 2.47. The Bertz CT molecular complexity index is 169. The minimum absolute atomic E-state index is 1.20. The van der Waals surface area contributed by atoms with Gasteiger partial charge in [-0.05, 0) is 0 Å². The van der Waals surface area contributed by atoms with Crippen LogP contribution in [0.3, 0.4) is 0 Å². The summed E-state index contributed by atoms with van der Waals surface area (Å²) in [7, 11) is 0. The summed E-state index contributed by atoms with van der Waals surface area (Å²) < 4.78 is 0. The zero-order valence-electron chi connectivity index (χ0n) is 5.88. The van der Waals surface area contributed by atoms with E-state index >= 15 is 0 Å². The van der Waals surface area contributed by atoms with Gasteiger partial charge in [-0.15, -0.1) is 0 Å². The van der Waals surface area contributed by atoms with E-state index in [9.17, 15) is 0 Å². The van der Waals surface area contributed by atoms with Crippen LogP contribution in [0.2, 0.25) is 5.32 Å². The molecule has 0 saturated carbocycles. The summed E-state index contributed by atoms with van der Waals surface area (Å²) in [6, 6.07) is 11.2. The first kappa shape index (κ1) is 7.84. The fourth-order valence-corrected chi connectivity index (χ4v) is 1.20. The molecule has 0 heterocycles. The molecular weight excluding hydrogens is 187 g/mol. The van der Waals surface area contributed by atoms with Crippen molar-refractivity contribution < 1.29 is 0 Å². The van der Waals surface area contributed by atoms with Crippen LogP contribution >= 0.6 is 0 Å². The van der Waals surface area contributed by atoms with Gasteiger partial charge >= 0.3 is 70.1 Å². The van der Waals surface area contributed by atoms with Gasteiger partial charge in [0.05, 0.1) is 0 Å². The minimum atomic E-state index is 1.20. The molecule has 1 rings (SSSR count). The molecule has 53 valence electrons. The number of hydrogen-bond donors (Lipinski definition) is 0. The van der Waals surface area contributed by atoms with Gasteiger partial charge in [-0.2, -0.15) is 0 Å². The van der Waals surface area contributed by atoms with Gasteiger partial charge in [0.15, 0.2) is 0 Å². The zero-order chi connectivity index (χ0) is 7.23. The van der Waals surface area contributed by atoms with Gasteiger partial charge in [-0.25, -0.2) is 0 Å². The first-order chi connectivity index (χ1) is 4.93. The molecule has 0 N–H and O–H groups in total. The van der Waals surface area contributed by atoms with Crippen LogP contribution in [-0.4, -0.2) is 16.0 Å². The summed E-state index contributed by atoms with van der Waals surface area (Å²) in [5.41, 5.74) is 1.42. The van der Waals surface area contributed by atoms with E-state index in [2.05, 4.69) is 34.2 Å². The molecule has 1 heteroatoms. The molecule has 0 fully saturated rings.